The molecular formula is C24H25N7O4. The van der Waals surface area contributed by atoms with Gasteiger partial charge in [0.1, 0.15) is 12.3 Å². The molecule has 0 fully saturated rings. The molecule has 11 nitrogen and oxygen atoms in total. The number of aromatic nitrogens is 6. The number of carbonyl (C=O) groups excluding carboxylic acids is 1. The molecule has 0 unspecified atom stereocenters. The summed E-state index contributed by atoms with van der Waals surface area (Å²) >= 11 is 0. The van der Waals surface area contributed by atoms with Gasteiger partial charge in [-0.3, -0.25) is 14.4 Å². The SMILES string of the molecule is COc1ccccc1-c1ccc(=O)n(CC(=O)NCCn2nc(-n3nc(C)cc3C)ccc2=O)n1. The van der Waals surface area contributed by atoms with Crippen molar-refractivity contribution in [1.29, 1.82) is 0 Å². The van der Waals surface area contributed by atoms with Crippen LogP contribution in [0.5, 0.6) is 5.75 Å². The van der Waals surface area contributed by atoms with Gasteiger partial charge in [-0.15, -0.1) is 5.10 Å². The Morgan fingerprint density at radius 1 is 0.943 bits per heavy atom. The summed E-state index contributed by atoms with van der Waals surface area (Å²) in [6, 6.07) is 15.1. The molecule has 180 valence electrons. The molecule has 3 heterocycles. The first-order chi connectivity index (χ1) is 16.9. The Labute approximate surface area is 200 Å². The van der Waals surface area contributed by atoms with Crippen molar-refractivity contribution in [3.8, 4) is 22.8 Å². The monoisotopic (exact) mass is 475 g/mol. The number of aryl methyl sites for hydroxylation is 2. The second-order valence-electron chi connectivity index (χ2n) is 7.86. The highest BCUT2D eigenvalue weighted by Crippen LogP contribution is 2.27. The Bertz CT molecular complexity index is 1490. The molecule has 35 heavy (non-hydrogen) atoms. The Balaban J connectivity index is 1.42. The third-order valence-electron chi connectivity index (χ3n) is 5.27. The van der Waals surface area contributed by atoms with Crippen LogP contribution >= 0.6 is 0 Å². The summed E-state index contributed by atoms with van der Waals surface area (Å²) in [5.41, 5.74) is 2.24. The topological polar surface area (TPSA) is 126 Å². The molecule has 1 amide bonds. The van der Waals surface area contributed by atoms with Gasteiger partial charge in [-0.1, -0.05) is 12.1 Å². The van der Waals surface area contributed by atoms with Crippen LogP contribution in [-0.2, 0) is 17.9 Å². The first-order valence-corrected chi connectivity index (χ1v) is 11.0. The second-order valence-corrected chi connectivity index (χ2v) is 7.86. The maximum absolute atomic E-state index is 12.5. The highest BCUT2D eigenvalue weighted by Gasteiger charge is 2.12. The van der Waals surface area contributed by atoms with Crippen LogP contribution < -0.4 is 21.2 Å². The molecule has 0 aliphatic heterocycles. The predicted molar refractivity (Wildman–Crippen MR) is 129 cm³/mol. The molecule has 11 heteroatoms. The van der Waals surface area contributed by atoms with E-state index in [0.29, 0.717) is 22.8 Å². The van der Waals surface area contributed by atoms with Crippen LogP contribution in [0, 0.1) is 13.8 Å². The van der Waals surface area contributed by atoms with E-state index < -0.39 is 11.5 Å². The second kappa shape index (κ2) is 10.2. The molecule has 0 aliphatic rings. The minimum Gasteiger partial charge on any atom is -0.496 e. The molecule has 3 aromatic heterocycles. The van der Waals surface area contributed by atoms with Gasteiger partial charge in [0, 0.05) is 29.9 Å². The number of amides is 1. The van der Waals surface area contributed by atoms with Gasteiger partial charge in [0.05, 0.1) is 25.0 Å². The van der Waals surface area contributed by atoms with E-state index >= 15 is 0 Å². The van der Waals surface area contributed by atoms with Crippen LogP contribution in [0.15, 0.2) is 64.2 Å². The lowest BCUT2D eigenvalue weighted by Gasteiger charge is -2.11. The molecule has 1 N–H and O–H groups in total. The van der Waals surface area contributed by atoms with Crippen molar-refractivity contribution < 1.29 is 9.53 Å². The first-order valence-electron chi connectivity index (χ1n) is 11.0. The number of para-hydroxylation sites is 1. The van der Waals surface area contributed by atoms with Crippen molar-refractivity contribution in [2.45, 2.75) is 26.9 Å². The molecule has 0 bridgehead atoms. The molecule has 4 aromatic rings. The lowest BCUT2D eigenvalue weighted by atomic mass is 10.1. The molecule has 4 rings (SSSR count). The van der Waals surface area contributed by atoms with Crippen molar-refractivity contribution in [3.05, 3.63) is 86.7 Å². The standard InChI is InChI=1S/C24H25N7O4/c1-16-14-17(2)31(26-16)21-9-11-23(33)29(28-21)13-12-25-22(32)15-30-24(34)10-8-19(27-30)18-6-4-5-7-20(18)35-3/h4-11,14H,12-13,15H2,1-3H3,(H,25,32). The van der Waals surface area contributed by atoms with Gasteiger partial charge < -0.3 is 10.1 Å². The predicted octanol–water partition coefficient (Wildman–Crippen LogP) is 1.09. The molecule has 1 aromatic carbocycles. The average Bonchev–Trinajstić information content (AvgIpc) is 3.19. The minimum absolute atomic E-state index is 0.146. The Kier molecular flexibility index (Phi) is 6.86. The number of ether oxygens (including phenoxy) is 1. The van der Waals surface area contributed by atoms with Crippen molar-refractivity contribution >= 4 is 5.91 Å². The van der Waals surface area contributed by atoms with Gasteiger partial charge in [-0.05, 0) is 44.2 Å². The first kappa shape index (κ1) is 23.6. The van der Waals surface area contributed by atoms with Gasteiger partial charge in [0.25, 0.3) is 11.1 Å². The molecular weight excluding hydrogens is 450 g/mol. The fourth-order valence-corrected chi connectivity index (χ4v) is 3.63. The summed E-state index contributed by atoms with van der Waals surface area (Å²) in [6.45, 7) is 3.81. The van der Waals surface area contributed by atoms with Crippen LogP contribution in [-0.4, -0.2) is 48.9 Å². The van der Waals surface area contributed by atoms with Crippen LogP contribution in [0.3, 0.4) is 0 Å². The van der Waals surface area contributed by atoms with Gasteiger partial charge in [-0.25, -0.2) is 14.0 Å². The molecule has 0 saturated heterocycles. The van der Waals surface area contributed by atoms with Gasteiger partial charge in [-0.2, -0.15) is 10.2 Å². The van der Waals surface area contributed by atoms with Crippen molar-refractivity contribution in [2.24, 2.45) is 0 Å². The van der Waals surface area contributed by atoms with E-state index in [1.807, 2.05) is 38.1 Å². The van der Waals surface area contributed by atoms with Crippen molar-refractivity contribution in [2.75, 3.05) is 13.7 Å². The maximum Gasteiger partial charge on any atom is 0.267 e. The van der Waals surface area contributed by atoms with Crippen LogP contribution in [0.2, 0.25) is 0 Å². The number of nitrogens with zero attached hydrogens (tertiary/aromatic N) is 6. The quantitative estimate of drug-likeness (QED) is 0.404. The van der Waals surface area contributed by atoms with E-state index in [1.54, 1.807) is 30.0 Å². The summed E-state index contributed by atoms with van der Waals surface area (Å²) in [5, 5.41) is 15.7. The fraction of sp³-hybridized carbons (Fsp3) is 0.250. The Morgan fingerprint density at radius 3 is 2.43 bits per heavy atom. The number of methoxy groups -OCH3 is 1. The fourth-order valence-electron chi connectivity index (χ4n) is 3.63. The van der Waals surface area contributed by atoms with E-state index in [1.165, 1.54) is 16.8 Å². The van der Waals surface area contributed by atoms with E-state index in [4.69, 9.17) is 4.74 Å². The smallest absolute Gasteiger partial charge is 0.267 e. The van der Waals surface area contributed by atoms with E-state index in [9.17, 15) is 14.4 Å². The Hall–Kier alpha value is -4.54. The van der Waals surface area contributed by atoms with Crippen LogP contribution in [0.4, 0.5) is 0 Å². The van der Waals surface area contributed by atoms with E-state index in [0.717, 1.165) is 16.1 Å². The zero-order chi connectivity index (χ0) is 24.9. The summed E-state index contributed by atoms with van der Waals surface area (Å²) in [6.07, 6.45) is 0. The zero-order valence-corrected chi connectivity index (χ0v) is 19.6. The highest BCUT2D eigenvalue weighted by molar-refractivity contribution is 5.75. The lowest BCUT2D eigenvalue weighted by molar-refractivity contribution is -0.121. The summed E-state index contributed by atoms with van der Waals surface area (Å²) in [5.74, 6) is 0.695. The number of rotatable bonds is 8. The zero-order valence-electron chi connectivity index (χ0n) is 19.6. The third-order valence-corrected chi connectivity index (χ3v) is 5.27. The average molecular weight is 476 g/mol. The third kappa shape index (κ3) is 5.35. The number of hydrogen-bond donors (Lipinski definition) is 1. The number of hydrogen-bond acceptors (Lipinski definition) is 7. The maximum atomic E-state index is 12.5. The number of benzene rings is 1. The Morgan fingerprint density at radius 2 is 1.69 bits per heavy atom. The molecule has 0 aliphatic carbocycles. The van der Waals surface area contributed by atoms with Crippen LogP contribution in [0.1, 0.15) is 11.4 Å². The normalized spacial score (nSPS) is 10.8. The lowest BCUT2D eigenvalue weighted by Crippen LogP contribution is -2.36. The minimum atomic E-state index is -0.417. The molecule has 0 radical (unpaired) electrons. The highest BCUT2D eigenvalue weighted by atomic mass is 16.5. The summed E-state index contributed by atoms with van der Waals surface area (Å²) in [7, 11) is 1.55. The van der Waals surface area contributed by atoms with Gasteiger partial charge in [0.2, 0.25) is 5.91 Å². The summed E-state index contributed by atoms with van der Waals surface area (Å²) < 4.78 is 9.35. The van der Waals surface area contributed by atoms with E-state index in [2.05, 4.69) is 20.6 Å². The van der Waals surface area contributed by atoms with Gasteiger partial charge in [0.15, 0.2) is 5.82 Å². The van der Waals surface area contributed by atoms with Gasteiger partial charge >= 0.3 is 0 Å². The number of nitrogens with one attached hydrogen (secondary N) is 1. The van der Waals surface area contributed by atoms with Crippen molar-refractivity contribution in [3.63, 3.8) is 0 Å². The van der Waals surface area contributed by atoms with Crippen molar-refractivity contribution in [1.82, 2.24) is 34.7 Å². The van der Waals surface area contributed by atoms with E-state index in [-0.39, 0.29) is 25.2 Å². The van der Waals surface area contributed by atoms with Crippen LogP contribution in [0.25, 0.3) is 17.1 Å². The molecule has 0 spiro atoms. The summed E-state index contributed by atoms with van der Waals surface area (Å²) in [4.78, 5) is 37.0. The molecule has 0 saturated carbocycles. The largest absolute Gasteiger partial charge is 0.496 e. The number of carbonyl (C=O) groups is 1. The molecule has 0 atom stereocenters.